The Hall–Kier alpha value is -0.920. The molecule has 112 valence electrons. The minimum atomic E-state index is -3.75. The van der Waals surface area contributed by atoms with Crippen LogP contribution in [0.1, 0.15) is 48.5 Å². The molecule has 1 fully saturated rings. The standard InChI is InChI=1S/C13H20N2O3S2/c1-3-4-13(5-6-13)8-15-11(16)10-7-19-12(9(10)2)20(14,17)18/h7H,3-6,8H2,1-2H3,(H,15,16)(H2,14,17,18). The second-order valence-electron chi connectivity index (χ2n) is 5.54. The van der Waals surface area contributed by atoms with Crippen molar-refractivity contribution in [3.8, 4) is 0 Å². The summed E-state index contributed by atoms with van der Waals surface area (Å²) in [5.41, 5.74) is 1.12. The van der Waals surface area contributed by atoms with Crippen LogP contribution in [0.2, 0.25) is 0 Å². The lowest BCUT2D eigenvalue weighted by Crippen LogP contribution is -2.30. The van der Waals surface area contributed by atoms with Gasteiger partial charge in [-0.2, -0.15) is 0 Å². The molecule has 1 aromatic heterocycles. The Kier molecular flexibility index (Phi) is 4.22. The van der Waals surface area contributed by atoms with E-state index in [1.54, 1.807) is 12.3 Å². The van der Waals surface area contributed by atoms with E-state index in [2.05, 4.69) is 12.2 Å². The molecule has 5 nitrogen and oxygen atoms in total. The van der Waals surface area contributed by atoms with E-state index in [1.165, 1.54) is 0 Å². The van der Waals surface area contributed by atoms with Crippen molar-refractivity contribution >= 4 is 27.3 Å². The number of carbonyl (C=O) groups excluding carboxylic acids is 1. The van der Waals surface area contributed by atoms with Gasteiger partial charge in [-0.3, -0.25) is 4.79 Å². The predicted octanol–water partition coefficient (Wildman–Crippen LogP) is 2.01. The second kappa shape index (κ2) is 5.46. The molecule has 1 aliphatic rings. The Morgan fingerprint density at radius 3 is 2.60 bits per heavy atom. The molecule has 0 aliphatic heterocycles. The molecule has 0 aromatic carbocycles. The van der Waals surface area contributed by atoms with Gasteiger partial charge in [0.1, 0.15) is 4.21 Å². The minimum Gasteiger partial charge on any atom is -0.351 e. The van der Waals surface area contributed by atoms with Gasteiger partial charge in [0.05, 0.1) is 5.56 Å². The van der Waals surface area contributed by atoms with Crippen LogP contribution >= 0.6 is 11.3 Å². The van der Waals surface area contributed by atoms with Gasteiger partial charge < -0.3 is 5.32 Å². The molecule has 7 heteroatoms. The number of hydrogen-bond donors (Lipinski definition) is 2. The van der Waals surface area contributed by atoms with Crippen LogP contribution in [0.4, 0.5) is 0 Å². The third-order valence-corrected chi connectivity index (χ3v) is 6.54. The van der Waals surface area contributed by atoms with Crippen molar-refractivity contribution in [1.29, 1.82) is 0 Å². The van der Waals surface area contributed by atoms with Gasteiger partial charge in [0.2, 0.25) is 10.0 Å². The summed E-state index contributed by atoms with van der Waals surface area (Å²) in [5, 5.41) is 9.60. The van der Waals surface area contributed by atoms with Gasteiger partial charge in [0.15, 0.2) is 0 Å². The predicted molar refractivity (Wildman–Crippen MR) is 79.3 cm³/mol. The molecule has 1 heterocycles. The van der Waals surface area contributed by atoms with E-state index >= 15 is 0 Å². The van der Waals surface area contributed by atoms with Crippen LogP contribution in [0, 0.1) is 12.3 Å². The molecular formula is C13H20N2O3S2. The summed E-state index contributed by atoms with van der Waals surface area (Å²) in [6.45, 7) is 4.42. The molecule has 1 aliphatic carbocycles. The molecule has 0 spiro atoms. The summed E-state index contributed by atoms with van der Waals surface area (Å²) in [6, 6.07) is 0. The van der Waals surface area contributed by atoms with Crippen molar-refractivity contribution in [2.45, 2.75) is 43.7 Å². The zero-order valence-electron chi connectivity index (χ0n) is 11.7. The van der Waals surface area contributed by atoms with Crippen molar-refractivity contribution in [3.05, 3.63) is 16.5 Å². The summed E-state index contributed by atoms with van der Waals surface area (Å²) in [4.78, 5) is 12.1. The molecule has 1 aromatic rings. The van der Waals surface area contributed by atoms with E-state index in [1.807, 2.05) is 0 Å². The number of rotatable bonds is 6. The largest absolute Gasteiger partial charge is 0.351 e. The Morgan fingerprint density at radius 2 is 2.15 bits per heavy atom. The highest BCUT2D eigenvalue weighted by molar-refractivity contribution is 7.91. The van der Waals surface area contributed by atoms with E-state index in [4.69, 9.17) is 5.14 Å². The smallest absolute Gasteiger partial charge is 0.252 e. The number of primary sulfonamides is 1. The molecule has 0 atom stereocenters. The summed E-state index contributed by atoms with van der Waals surface area (Å²) in [7, 11) is -3.75. The minimum absolute atomic E-state index is 0.0670. The van der Waals surface area contributed by atoms with E-state index in [0.717, 1.165) is 37.0 Å². The van der Waals surface area contributed by atoms with Crippen LogP contribution in [-0.2, 0) is 10.0 Å². The lowest BCUT2D eigenvalue weighted by Gasteiger charge is -2.14. The van der Waals surface area contributed by atoms with Crippen molar-refractivity contribution in [2.75, 3.05) is 6.54 Å². The van der Waals surface area contributed by atoms with Crippen LogP contribution in [-0.4, -0.2) is 20.9 Å². The Balaban J connectivity index is 2.05. The maximum atomic E-state index is 12.1. The molecular weight excluding hydrogens is 296 g/mol. The average Bonchev–Trinajstić information content (AvgIpc) is 2.99. The fraction of sp³-hybridized carbons (Fsp3) is 0.615. The summed E-state index contributed by atoms with van der Waals surface area (Å²) < 4.78 is 22.8. The molecule has 20 heavy (non-hydrogen) atoms. The number of sulfonamides is 1. The third kappa shape index (κ3) is 3.21. The Labute approximate surface area is 123 Å². The fourth-order valence-electron chi connectivity index (χ4n) is 2.49. The van der Waals surface area contributed by atoms with Crippen LogP contribution in [0.3, 0.4) is 0 Å². The van der Waals surface area contributed by atoms with Crippen molar-refractivity contribution in [3.63, 3.8) is 0 Å². The second-order valence-corrected chi connectivity index (χ2v) is 8.18. The number of nitrogens with one attached hydrogen (secondary N) is 1. The molecule has 0 bridgehead atoms. The topological polar surface area (TPSA) is 89.3 Å². The first-order valence-electron chi connectivity index (χ1n) is 6.68. The molecule has 0 radical (unpaired) electrons. The van der Waals surface area contributed by atoms with Gasteiger partial charge in [0, 0.05) is 11.9 Å². The quantitative estimate of drug-likeness (QED) is 0.841. The van der Waals surface area contributed by atoms with Crippen LogP contribution < -0.4 is 10.5 Å². The Morgan fingerprint density at radius 1 is 1.50 bits per heavy atom. The molecule has 0 unspecified atom stereocenters. The van der Waals surface area contributed by atoms with E-state index < -0.39 is 10.0 Å². The first kappa shape index (κ1) is 15.5. The zero-order chi connectivity index (χ0) is 15.0. The first-order chi connectivity index (χ1) is 9.29. The van der Waals surface area contributed by atoms with Gasteiger partial charge in [-0.1, -0.05) is 13.3 Å². The van der Waals surface area contributed by atoms with Crippen LogP contribution in [0.15, 0.2) is 9.59 Å². The van der Waals surface area contributed by atoms with Crippen LogP contribution in [0.5, 0.6) is 0 Å². The average molecular weight is 316 g/mol. The highest BCUT2D eigenvalue weighted by Gasteiger charge is 2.41. The highest BCUT2D eigenvalue weighted by Crippen LogP contribution is 2.48. The van der Waals surface area contributed by atoms with Gasteiger partial charge in [-0.05, 0) is 37.2 Å². The molecule has 2 rings (SSSR count). The van der Waals surface area contributed by atoms with Crippen molar-refractivity contribution < 1.29 is 13.2 Å². The zero-order valence-corrected chi connectivity index (χ0v) is 13.4. The molecule has 3 N–H and O–H groups in total. The number of carbonyl (C=O) groups is 1. The maximum Gasteiger partial charge on any atom is 0.252 e. The van der Waals surface area contributed by atoms with Crippen molar-refractivity contribution in [2.24, 2.45) is 10.6 Å². The van der Waals surface area contributed by atoms with Gasteiger partial charge in [-0.25, -0.2) is 13.6 Å². The number of amides is 1. The van der Waals surface area contributed by atoms with Crippen molar-refractivity contribution in [1.82, 2.24) is 5.32 Å². The van der Waals surface area contributed by atoms with E-state index in [9.17, 15) is 13.2 Å². The highest BCUT2D eigenvalue weighted by atomic mass is 32.2. The summed E-state index contributed by atoms with van der Waals surface area (Å²) in [5.74, 6) is -0.212. The van der Waals surface area contributed by atoms with Gasteiger partial charge in [0.25, 0.3) is 5.91 Å². The monoisotopic (exact) mass is 316 g/mol. The lowest BCUT2D eigenvalue weighted by molar-refractivity contribution is 0.0943. The van der Waals surface area contributed by atoms with E-state index in [0.29, 0.717) is 17.7 Å². The van der Waals surface area contributed by atoms with Crippen LogP contribution in [0.25, 0.3) is 0 Å². The maximum absolute atomic E-state index is 12.1. The number of hydrogen-bond acceptors (Lipinski definition) is 4. The molecule has 1 amide bonds. The molecule has 1 saturated carbocycles. The fourth-order valence-corrected chi connectivity index (χ4v) is 4.50. The molecule has 0 saturated heterocycles. The Bertz CT molecular complexity index is 616. The number of thiophene rings is 1. The van der Waals surface area contributed by atoms with Gasteiger partial charge >= 0.3 is 0 Å². The third-order valence-electron chi connectivity index (χ3n) is 3.86. The van der Waals surface area contributed by atoms with E-state index in [-0.39, 0.29) is 15.5 Å². The first-order valence-corrected chi connectivity index (χ1v) is 9.11. The summed E-state index contributed by atoms with van der Waals surface area (Å²) in [6.07, 6.45) is 4.56. The lowest BCUT2D eigenvalue weighted by atomic mass is 10.0. The normalized spacial score (nSPS) is 16.9. The van der Waals surface area contributed by atoms with Gasteiger partial charge in [-0.15, -0.1) is 11.3 Å². The number of nitrogens with two attached hydrogens (primary N) is 1. The SMILES string of the molecule is CCCC1(CNC(=O)c2csc(S(N)(=O)=O)c2C)CC1. The summed E-state index contributed by atoms with van der Waals surface area (Å²) >= 11 is 0.997.